The predicted molar refractivity (Wildman–Crippen MR) is 138 cm³/mol. The first-order valence-corrected chi connectivity index (χ1v) is 14.2. The van der Waals surface area contributed by atoms with Crippen molar-refractivity contribution in [2.45, 2.75) is 50.9 Å². The number of amides is 3. The van der Waals surface area contributed by atoms with Crippen molar-refractivity contribution in [3.05, 3.63) is 47.5 Å². The molecule has 1 saturated heterocycles. The minimum Gasteiger partial charge on any atom is -0.480 e. The van der Waals surface area contributed by atoms with Crippen molar-refractivity contribution in [1.82, 2.24) is 15.5 Å². The fraction of sp³-hybridized carbons (Fsp3) is 0.462. The molecule has 2 aliphatic rings. The van der Waals surface area contributed by atoms with E-state index in [9.17, 15) is 37.8 Å². The normalized spacial score (nSPS) is 22.1. The summed E-state index contributed by atoms with van der Waals surface area (Å²) < 4.78 is 23.6. The number of nitrogens with one attached hydrogen (secondary N) is 2. The molecule has 2 aliphatic heterocycles. The van der Waals surface area contributed by atoms with E-state index in [0.717, 1.165) is 15.7 Å². The number of carboxylic acid groups (broad SMARTS) is 1. The second kappa shape index (κ2) is 10.8. The van der Waals surface area contributed by atoms with Gasteiger partial charge in [-0.2, -0.15) is 0 Å². The molecule has 12 heteroatoms. The summed E-state index contributed by atoms with van der Waals surface area (Å²) in [6.07, 6.45) is -1.16. The number of rotatable bonds is 10. The number of imide groups is 1. The van der Waals surface area contributed by atoms with Gasteiger partial charge in [-0.15, -0.1) is 0 Å². The topological polar surface area (TPSA) is 170 Å². The van der Waals surface area contributed by atoms with Crippen LogP contribution in [-0.4, -0.2) is 89.5 Å². The van der Waals surface area contributed by atoms with Gasteiger partial charge < -0.3 is 15.5 Å². The molecule has 2 unspecified atom stereocenters. The third kappa shape index (κ3) is 5.87. The largest absolute Gasteiger partial charge is 0.480 e. The second-order valence-electron chi connectivity index (χ2n) is 10.3. The first-order valence-electron chi connectivity index (χ1n) is 12.4. The van der Waals surface area contributed by atoms with Crippen LogP contribution in [0.4, 0.5) is 0 Å². The van der Waals surface area contributed by atoms with Crippen molar-refractivity contribution >= 4 is 44.3 Å². The smallest absolute Gasteiger partial charge is 0.320 e. The second-order valence-corrected chi connectivity index (χ2v) is 12.4. The van der Waals surface area contributed by atoms with Gasteiger partial charge in [0.15, 0.2) is 9.84 Å². The summed E-state index contributed by atoms with van der Waals surface area (Å²) in [5, 5.41) is 26.8. The number of benzene rings is 2. The first kappa shape index (κ1) is 27.7. The molecule has 0 saturated carbocycles. The number of hydrogen-bond donors (Lipinski definition) is 4. The average molecular weight is 546 g/mol. The molecule has 2 aromatic carbocycles. The Balaban J connectivity index is 1.45. The highest BCUT2D eigenvalue weighted by atomic mass is 32.2. The minimum absolute atomic E-state index is 0.0182. The summed E-state index contributed by atoms with van der Waals surface area (Å²) in [5.41, 5.74) is 0.520. The van der Waals surface area contributed by atoms with Crippen LogP contribution in [0.1, 0.15) is 47.4 Å². The number of carboxylic acids is 1. The molecule has 0 spiro atoms. The number of aliphatic carboxylic acids is 1. The SMILES string of the molecule is CC(C)C[C@H](N[C@H](CCN1C(=O)c2cc3ccccc3cc2C1=O)C(=O)O)C(=O)NC1CS(=O)(=O)CC1O. The Labute approximate surface area is 220 Å². The van der Waals surface area contributed by atoms with Gasteiger partial charge in [0, 0.05) is 6.54 Å². The Hall–Kier alpha value is -3.35. The van der Waals surface area contributed by atoms with E-state index in [4.69, 9.17) is 0 Å². The van der Waals surface area contributed by atoms with Crippen LogP contribution in [0, 0.1) is 5.92 Å². The summed E-state index contributed by atoms with van der Waals surface area (Å²) in [7, 11) is -3.49. The molecule has 11 nitrogen and oxygen atoms in total. The summed E-state index contributed by atoms with van der Waals surface area (Å²) in [6, 6.07) is 7.36. The molecule has 1 fully saturated rings. The molecule has 204 valence electrons. The number of hydrogen-bond acceptors (Lipinski definition) is 8. The van der Waals surface area contributed by atoms with Gasteiger partial charge in [-0.3, -0.25) is 29.4 Å². The van der Waals surface area contributed by atoms with Gasteiger partial charge in [0.25, 0.3) is 11.8 Å². The van der Waals surface area contributed by atoms with E-state index < -0.39 is 69.3 Å². The van der Waals surface area contributed by atoms with Crippen molar-refractivity contribution in [2.75, 3.05) is 18.1 Å². The van der Waals surface area contributed by atoms with E-state index in [1.54, 1.807) is 12.1 Å². The Morgan fingerprint density at radius 3 is 2.08 bits per heavy atom. The van der Waals surface area contributed by atoms with E-state index in [2.05, 4.69) is 10.6 Å². The maximum absolute atomic E-state index is 13.0. The van der Waals surface area contributed by atoms with Crippen molar-refractivity contribution in [1.29, 1.82) is 0 Å². The quantitative estimate of drug-likeness (QED) is 0.312. The molecule has 2 aromatic rings. The van der Waals surface area contributed by atoms with Gasteiger partial charge in [-0.05, 0) is 41.7 Å². The molecule has 38 heavy (non-hydrogen) atoms. The minimum atomic E-state index is -3.49. The van der Waals surface area contributed by atoms with Crippen molar-refractivity contribution < 1.29 is 37.8 Å². The van der Waals surface area contributed by atoms with Crippen molar-refractivity contribution in [2.24, 2.45) is 5.92 Å². The highest BCUT2D eigenvalue weighted by Gasteiger charge is 2.40. The van der Waals surface area contributed by atoms with Crippen LogP contribution in [-0.2, 0) is 19.4 Å². The Kier molecular flexibility index (Phi) is 7.86. The van der Waals surface area contributed by atoms with Gasteiger partial charge in [-0.25, -0.2) is 8.42 Å². The van der Waals surface area contributed by atoms with E-state index in [1.165, 1.54) is 0 Å². The third-order valence-corrected chi connectivity index (χ3v) is 8.57. The molecule has 0 aliphatic carbocycles. The lowest BCUT2D eigenvalue weighted by Crippen LogP contribution is -2.55. The molecule has 0 radical (unpaired) electrons. The number of carbonyl (C=O) groups is 4. The van der Waals surface area contributed by atoms with Crippen molar-refractivity contribution in [3.8, 4) is 0 Å². The van der Waals surface area contributed by atoms with Crippen LogP contribution in [0.25, 0.3) is 10.8 Å². The van der Waals surface area contributed by atoms with E-state index >= 15 is 0 Å². The van der Waals surface area contributed by atoms with Gasteiger partial charge in [0.05, 0.1) is 40.8 Å². The molecule has 4 rings (SSSR count). The van der Waals surface area contributed by atoms with Gasteiger partial charge in [0.1, 0.15) is 6.04 Å². The number of aliphatic hydroxyl groups is 1. The fourth-order valence-corrected chi connectivity index (χ4v) is 6.67. The van der Waals surface area contributed by atoms with E-state index in [0.29, 0.717) is 0 Å². The number of aliphatic hydroxyl groups excluding tert-OH is 1. The van der Waals surface area contributed by atoms with Crippen LogP contribution < -0.4 is 10.6 Å². The lowest BCUT2D eigenvalue weighted by atomic mass is 10.0. The monoisotopic (exact) mass is 545 g/mol. The lowest BCUT2D eigenvalue weighted by Gasteiger charge is -2.27. The molecule has 0 bridgehead atoms. The molecule has 3 amide bonds. The summed E-state index contributed by atoms with van der Waals surface area (Å²) in [5.74, 6) is -3.77. The first-order chi connectivity index (χ1) is 17.9. The van der Waals surface area contributed by atoms with Gasteiger partial charge in [0.2, 0.25) is 5.91 Å². The lowest BCUT2D eigenvalue weighted by molar-refractivity contribution is -0.140. The number of sulfone groups is 1. The molecular formula is C26H31N3O8S. The summed E-state index contributed by atoms with van der Waals surface area (Å²) in [6.45, 7) is 3.51. The maximum atomic E-state index is 13.0. The Bertz CT molecular complexity index is 1340. The molecular weight excluding hydrogens is 514 g/mol. The van der Waals surface area contributed by atoms with Crippen LogP contribution >= 0.6 is 0 Å². The molecule has 0 aromatic heterocycles. The fourth-order valence-electron chi connectivity index (χ4n) is 4.93. The Morgan fingerprint density at radius 2 is 1.61 bits per heavy atom. The van der Waals surface area contributed by atoms with Gasteiger partial charge >= 0.3 is 5.97 Å². The highest BCUT2D eigenvalue weighted by molar-refractivity contribution is 7.91. The Morgan fingerprint density at radius 1 is 1.03 bits per heavy atom. The van der Waals surface area contributed by atoms with Crippen molar-refractivity contribution in [3.63, 3.8) is 0 Å². The predicted octanol–water partition coefficient (Wildman–Crippen LogP) is 0.558. The van der Waals surface area contributed by atoms with E-state index in [-0.39, 0.29) is 36.4 Å². The number of nitrogens with zero attached hydrogens (tertiary/aromatic N) is 1. The summed E-state index contributed by atoms with van der Waals surface area (Å²) in [4.78, 5) is 52.0. The van der Waals surface area contributed by atoms with Crippen LogP contribution in [0.15, 0.2) is 36.4 Å². The standard InChI is InChI=1S/C26H31N3O8S/c1-14(2)9-20(23(31)28-21-12-38(36,37)13-22(21)30)27-19(26(34)35)7-8-29-24(32)17-10-15-5-3-4-6-16(15)11-18(17)25(29)33/h3-6,10-11,14,19-22,27,30H,7-9,12-13H2,1-2H3,(H,28,31)(H,34,35)/t19-,20+,21?,22?/m1/s1. The van der Waals surface area contributed by atoms with Crippen LogP contribution in [0.5, 0.6) is 0 Å². The number of carbonyl (C=O) groups excluding carboxylic acids is 3. The van der Waals surface area contributed by atoms with Gasteiger partial charge in [-0.1, -0.05) is 38.1 Å². The molecule has 2 heterocycles. The van der Waals surface area contributed by atoms with E-state index in [1.807, 2.05) is 38.1 Å². The third-order valence-electron chi connectivity index (χ3n) is 6.85. The van der Waals surface area contributed by atoms with Crippen LogP contribution in [0.2, 0.25) is 0 Å². The van der Waals surface area contributed by atoms with Crippen LogP contribution in [0.3, 0.4) is 0 Å². The maximum Gasteiger partial charge on any atom is 0.320 e. The zero-order valence-corrected chi connectivity index (χ0v) is 21.9. The zero-order valence-electron chi connectivity index (χ0n) is 21.1. The summed E-state index contributed by atoms with van der Waals surface area (Å²) >= 11 is 0. The zero-order chi connectivity index (χ0) is 27.8. The number of fused-ring (bicyclic) bond motifs is 2. The molecule has 4 atom stereocenters. The average Bonchev–Trinajstić information content (AvgIpc) is 3.23. The molecule has 4 N–H and O–H groups in total. The highest BCUT2D eigenvalue weighted by Crippen LogP contribution is 2.28.